The lowest BCUT2D eigenvalue weighted by Crippen LogP contribution is -2.45. The maximum absolute atomic E-state index is 11.1. The van der Waals surface area contributed by atoms with Crippen molar-refractivity contribution in [3.63, 3.8) is 0 Å². The predicted octanol–water partition coefficient (Wildman–Crippen LogP) is -1.65. The van der Waals surface area contributed by atoms with Crippen molar-refractivity contribution in [2.75, 3.05) is 6.61 Å². The summed E-state index contributed by atoms with van der Waals surface area (Å²) in [6.07, 6.45) is 1.78. The first-order valence-electron chi connectivity index (χ1n) is 5.82. The van der Waals surface area contributed by atoms with E-state index in [2.05, 4.69) is 0 Å². The number of aromatic nitrogens is 1. The molecule has 2 rings (SSSR count). The van der Waals surface area contributed by atoms with Crippen LogP contribution in [-0.4, -0.2) is 40.0 Å². The minimum absolute atomic E-state index is 0.176. The molecule has 1 aliphatic carbocycles. The van der Waals surface area contributed by atoms with Gasteiger partial charge in [-0.25, -0.2) is 0 Å². The fraction of sp³-hybridized carbons (Fsp3) is 0.500. The molecule has 0 aromatic carbocycles. The van der Waals surface area contributed by atoms with Gasteiger partial charge in [0.2, 0.25) is 0 Å². The number of pyridine rings is 1. The van der Waals surface area contributed by atoms with Crippen LogP contribution >= 0.6 is 0 Å². The van der Waals surface area contributed by atoms with Gasteiger partial charge in [0.25, 0.3) is 5.91 Å². The molecule has 98 valence electrons. The van der Waals surface area contributed by atoms with Crippen molar-refractivity contribution >= 4 is 5.91 Å². The van der Waals surface area contributed by atoms with Crippen LogP contribution in [0, 0.1) is 5.92 Å². The third kappa shape index (κ3) is 2.22. The van der Waals surface area contributed by atoms with Gasteiger partial charge in [0.15, 0.2) is 18.4 Å². The number of carbonyl (C=O) groups excluding carboxylic acids is 1. The first kappa shape index (κ1) is 12.9. The molecule has 1 amide bonds. The minimum atomic E-state index is -0.963. The molecule has 0 saturated heterocycles. The van der Waals surface area contributed by atoms with Gasteiger partial charge in [-0.05, 0) is 6.07 Å². The molecule has 1 aromatic rings. The number of nitrogens with zero attached hydrogens (tertiary/aromatic N) is 1. The van der Waals surface area contributed by atoms with Crippen LogP contribution in [0.15, 0.2) is 24.5 Å². The Morgan fingerprint density at radius 2 is 2.17 bits per heavy atom. The van der Waals surface area contributed by atoms with Crippen LogP contribution in [0.4, 0.5) is 0 Å². The highest BCUT2D eigenvalue weighted by Crippen LogP contribution is 2.31. The third-order valence-corrected chi connectivity index (χ3v) is 3.50. The monoisotopic (exact) mass is 253 g/mol. The van der Waals surface area contributed by atoms with Crippen LogP contribution in [-0.2, 0) is 0 Å². The van der Waals surface area contributed by atoms with E-state index in [9.17, 15) is 15.0 Å². The summed E-state index contributed by atoms with van der Waals surface area (Å²) < 4.78 is 1.66. The Hall–Kier alpha value is -1.50. The molecule has 0 bridgehead atoms. The molecule has 6 nitrogen and oxygen atoms in total. The lowest BCUT2D eigenvalue weighted by atomic mass is 10.1. The Kier molecular flexibility index (Phi) is 3.60. The fourth-order valence-corrected chi connectivity index (χ4v) is 2.42. The van der Waals surface area contributed by atoms with E-state index >= 15 is 0 Å². The molecular formula is C12H17N2O4+. The first-order chi connectivity index (χ1) is 8.54. The van der Waals surface area contributed by atoms with E-state index in [4.69, 9.17) is 10.8 Å². The van der Waals surface area contributed by atoms with Crippen LogP contribution in [0.2, 0.25) is 0 Å². The molecule has 0 spiro atoms. The molecule has 0 aliphatic heterocycles. The van der Waals surface area contributed by atoms with E-state index < -0.39 is 18.1 Å². The quantitative estimate of drug-likeness (QED) is 0.484. The van der Waals surface area contributed by atoms with Crippen LogP contribution in [0.1, 0.15) is 22.8 Å². The van der Waals surface area contributed by atoms with E-state index in [-0.39, 0.29) is 18.6 Å². The van der Waals surface area contributed by atoms with Gasteiger partial charge in [-0.3, -0.25) is 4.79 Å². The highest BCUT2D eigenvalue weighted by Gasteiger charge is 2.46. The van der Waals surface area contributed by atoms with E-state index in [1.807, 2.05) is 0 Å². The maximum atomic E-state index is 11.1. The van der Waals surface area contributed by atoms with Crippen molar-refractivity contribution in [2.45, 2.75) is 24.7 Å². The van der Waals surface area contributed by atoms with Gasteiger partial charge in [-0.15, -0.1) is 0 Å². The zero-order chi connectivity index (χ0) is 13.3. The van der Waals surface area contributed by atoms with Gasteiger partial charge < -0.3 is 21.1 Å². The molecule has 18 heavy (non-hydrogen) atoms. The number of nitrogens with two attached hydrogens (primary N) is 1. The second-order valence-electron chi connectivity index (χ2n) is 4.63. The molecule has 6 heteroatoms. The average molecular weight is 253 g/mol. The molecule has 1 aliphatic rings. The number of hydrogen-bond donors (Lipinski definition) is 4. The number of carbonyl (C=O) groups is 1. The van der Waals surface area contributed by atoms with Crippen molar-refractivity contribution < 1.29 is 24.7 Å². The topological polar surface area (TPSA) is 108 Å². The third-order valence-electron chi connectivity index (χ3n) is 3.50. The van der Waals surface area contributed by atoms with Crippen LogP contribution in [0.3, 0.4) is 0 Å². The van der Waals surface area contributed by atoms with Crippen molar-refractivity contribution in [2.24, 2.45) is 11.7 Å². The lowest BCUT2D eigenvalue weighted by Gasteiger charge is -2.13. The summed E-state index contributed by atoms with van der Waals surface area (Å²) in [4.78, 5) is 11.1. The highest BCUT2D eigenvalue weighted by molar-refractivity contribution is 5.92. The second-order valence-corrected chi connectivity index (χ2v) is 4.63. The molecular weight excluding hydrogens is 236 g/mol. The Bertz CT molecular complexity index is 451. The van der Waals surface area contributed by atoms with Gasteiger partial charge in [0, 0.05) is 25.0 Å². The first-order valence-corrected chi connectivity index (χ1v) is 5.82. The SMILES string of the molecule is NC(=O)c1ccc[n+]([C@H]2C[C@@H](CO)[C@H](O)[C@@H]2O)c1. The zero-order valence-corrected chi connectivity index (χ0v) is 9.81. The largest absolute Gasteiger partial charge is 0.396 e. The normalized spacial score (nSPS) is 31.5. The molecule has 1 heterocycles. The number of primary amides is 1. The van der Waals surface area contributed by atoms with Gasteiger partial charge >= 0.3 is 0 Å². The Morgan fingerprint density at radius 3 is 2.72 bits per heavy atom. The van der Waals surface area contributed by atoms with Crippen LogP contribution < -0.4 is 10.3 Å². The number of aliphatic hydroxyl groups excluding tert-OH is 3. The summed E-state index contributed by atoms with van der Waals surface area (Å²) in [5.41, 5.74) is 5.53. The molecule has 0 radical (unpaired) electrons. The Labute approximate surface area is 104 Å². The standard InChI is InChI=1S/C12H16N2O4/c13-12(18)7-2-1-3-14(5-7)9-4-8(6-15)10(16)11(9)17/h1-3,5,8-11,15-17H,4,6H2,(H-,13,18)/p+1/t8-,9-,10-,11+/m0/s1. The molecule has 1 aromatic heterocycles. The zero-order valence-electron chi connectivity index (χ0n) is 9.81. The molecule has 0 unspecified atom stereocenters. The summed E-state index contributed by atoms with van der Waals surface area (Å²) in [6.45, 7) is -0.176. The smallest absolute Gasteiger partial charge is 0.254 e. The summed E-state index contributed by atoms with van der Waals surface area (Å²) in [5, 5.41) is 28.8. The van der Waals surface area contributed by atoms with Crippen LogP contribution in [0.25, 0.3) is 0 Å². The number of amides is 1. The maximum Gasteiger partial charge on any atom is 0.254 e. The number of aliphatic hydroxyl groups is 3. The van der Waals surface area contributed by atoms with Gasteiger partial charge in [0.05, 0.1) is 6.10 Å². The predicted molar refractivity (Wildman–Crippen MR) is 61.4 cm³/mol. The van der Waals surface area contributed by atoms with Gasteiger partial charge in [0.1, 0.15) is 11.7 Å². The van der Waals surface area contributed by atoms with Gasteiger partial charge in [-0.1, -0.05) is 0 Å². The molecule has 4 atom stereocenters. The van der Waals surface area contributed by atoms with Crippen molar-refractivity contribution in [3.8, 4) is 0 Å². The van der Waals surface area contributed by atoms with Crippen LogP contribution in [0.5, 0.6) is 0 Å². The fourth-order valence-electron chi connectivity index (χ4n) is 2.42. The molecule has 5 N–H and O–H groups in total. The second kappa shape index (κ2) is 5.01. The average Bonchev–Trinajstić information content (AvgIpc) is 2.66. The molecule has 1 saturated carbocycles. The highest BCUT2D eigenvalue weighted by atomic mass is 16.3. The number of rotatable bonds is 3. The van der Waals surface area contributed by atoms with E-state index in [0.717, 1.165) is 0 Å². The van der Waals surface area contributed by atoms with E-state index in [1.54, 1.807) is 29.1 Å². The summed E-state index contributed by atoms with van der Waals surface area (Å²) in [6, 6.07) is 2.88. The van der Waals surface area contributed by atoms with E-state index in [1.165, 1.54) is 0 Å². The minimum Gasteiger partial charge on any atom is -0.396 e. The number of hydrogen-bond acceptors (Lipinski definition) is 4. The summed E-state index contributed by atoms with van der Waals surface area (Å²) in [7, 11) is 0. The van der Waals surface area contributed by atoms with Crippen molar-refractivity contribution in [1.29, 1.82) is 0 Å². The van der Waals surface area contributed by atoms with Gasteiger partial charge in [-0.2, -0.15) is 4.57 Å². The molecule has 1 fully saturated rings. The Morgan fingerprint density at radius 1 is 1.44 bits per heavy atom. The summed E-state index contributed by atoms with van der Waals surface area (Å²) >= 11 is 0. The summed E-state index contributed by atoms with van der Waals surface area (Å²) in [5.74, 6) is -0.897. The van der Waals surface area contributed by atoms with Crippen molar-refractivity contribution in [3.05, 3.63) is 30.1 Å². The van der Waals surface area contributed by atoms with E-state index in [0.29, 0.717) is 12.0 Å². The lowest BCUT2D eigenvalue weighted by molar-refractivity contribution is -0.728. The van der Waals surface area contributed by atoms with Crippen molar-refractivity contribution in [1.82, 2.24) is 0 Å². The Balaban J connectivity index is 2.27.